The molecule has 2 heterocycles. The van der Waals surface area contributed by atoms with Crippen LogP contribution in [0.5, 0.6) is 11.5 Å². The highest BCUT2D eigenvalue weighted by Gasteiger charge is 2.29. The Balaban J connectivity index is 1.34. The zero-order valence-electron chi connectivity index (χ0n) is 21.1. The van der Waals surface area contributed by atoms with E-state index in [2.05, 4.69) is 19.4 Å². The van der Waals surface area contributed by atoms with E-state index in [0.717, 1.165) is 21.6 Å². The average Bonchev–Trinajstić information content (AvgIpc) is 3.60. The Kier molecular flexibility index (Phi) is 9.78. The maximum atomic E-state index is 12.9. The van der Waals surface area contributed by atoms with E-state index in [0.29, 0.717) is 46.3 Å². The average molecular weight is 661 g/mol. The molecule has 12 nitrogen and oxygen atoms in total. The number of nitrogens with zero attached hydrogens (tertiary/aromatic N) is 4. The number of guanidine groups is 2. The molecule has 2 aromatic carbocycles. The second kappa shape index (κ2) is 12.9. The molecule has 2 aliphatic rings. The van der Waals surface area contributed by atoms with Crippen LogP contribution in [0.2, 0.25) is 0 Å². The van der Waals surface area contributed by atoms with E-state index in [-0.39, 0.29) is 21.7 Å². The smallest absolute Gasteiger partial charge is 0.264 e. The number of benzene rings is 2. The van der Waals surface area contributed by atoms with Gasteiger partial charge in [0.25, 0.3) is 20.0 Å². The second-order valence-corrected chi connectivity index (χ2v) is 14.7. The van der Waals surface area contributed by atoms with Crippen molar-refractivity contribution in [3.63, 3.8) is 0 Å². The van der Waals surface area contributed by atoms with E-state index in [9.17, 15) is 16.8 Å². The Morgan fingerprint density at radius 1 is 0.725 bits per heavy atom. The highest BCUT2D eigenvalue weighted by atomic mass is 33.1. The summed E-state index contributed by atoms with van der Waals surface area (Å²) in [6, 6.07) is 11.9. The van der Waals surface area contributed by atoms with Crippen LogP contribution in [0.25, 0.3) is 0 Å². The van der Waals surface area contributed by atoms with Gasteiger partial charge in [0.05, 0.1) is 37.1 Å². The van der Waals surface area contributed by atoms with Gasteiger partial charge in [0, 0.05) is 13.1 Å². The Bertz CT molecular complexity index is 1430. The Morgan fingerprint density at radius 3 is 1.40 bits per heavy atom. The molecule has 0 saturated heterocycles. The molecule has 0 atom stereocenters. The molecule has 40 heavy (non-hydrogen) atoms. The van der Waals surface area contributed by atoms with Crippen molar-refractivity contribution in [3.8, 4) is 11.5 Å². The SMILES string of the molecule is COc1ccc(S(=O)(=O)NC2=NCCN2C(=S)SSC(=S)N2CCN=C2NS(=O)(=O)c2ccc(OC)cc2)cc1. The Labute approximate surface area is 251 Å². The number of hydrogen-bond acceptors (Lipinski definition) is 12. The first-order valence-corrected chi connectivity index (χ1v) is 17.4. The van der Waals surface area contributed by atoms with E-state index >= 15 is 0 Å². The summed E-state index contributed by atoms with van der Waals surface area (Å²) < 4.78 is 67.2. The summed E-state index contributed by atoms with van der Waals surface area (Å²) in [5.41, 5.74) is 0. The number of ether oxygens (including phenoxy) is 2. The second-order valence-electron chi connectivity index (χ2n) is 7.97. The van der Waals surface area contributed by atoms with Crippen LogP contribution in [0.3, 0.4) is 0 Å². The van der Waals surface area contributed by atoms with Crippen molar-refractivity contribution in [2.75, 3.05) is 40.4 Å². The summed E-state index contributed by atoms with van der Waals surface area (Å²) in [6.07, 6.45) is 0. The van der Waals surface area contributed by atoms with Crippen LogP contribution in [-0.2, 0) is 20.0 Å². The van der Waals surface area contributed by atoms with Gasteiger partial charge in [-0.15, -0.1) is 0 Å². The van der Waals surface area contributed by atoms with E-state index in [1.54, 1.807) is 34.1 Å². The first kappa shape index (κ1) is 30.3. The van der Waals surface area contributed by atoms with E-state index in [1.807, 2.05) is 0 Å². The Morgan fingerprint density at radius 2 is 1.07 bits per heavy atom. The number of hydrogen-bond donors (Lipinski definition) is 2. The van der Waals surface area contributed by atoms with E-state index in [4.69, 9.17) is 33.9 Å². The minimum atomic E-state index is -3.91. The molecule has 0 fully saturated rings. The maximum Gasteiger partial charge on any atom is 0.264 e. The van der Waals surface area contributed by atoms with Crippen LogP contribution in [-0.4, -0.2) is 87.6 Å². The van der Waals surface area contributed by atoms with Gasteiger partial charge in [0.15, 0.2) is 8.64 Å². The largest absolute Gasteiger partial charge is 0.497 e. The van der Waals surface area contributed by atoms with Crippen molar-refractivity contribution in [3.05, 3.63) is 48.5 Å². The Hall–Kier alpha value is -2.64. The van der Waals surface area contributed by atoms with Gasteiger partial charge in [-0.25, -0.2) is 26.3 Å². The van der Waals surface area contributed by atoms with Gasteiger partial charge in [-0.3, -0.25) is 19.8 Å². The predicted molar refractivity (Wildman–Crippen MR) is 165 cm³/mol. The van der Waals surface area contributed by atoms with Gasteiger partial charge in [-0.1, -0.05) is 24.4 Å². The van der Waals surface area contributed by atoms with Crippen LogP contribution >= 0.6 is 46.0 Å². The van der Waals surface area contributed by atoms with Gasteiger partial charge >= 0.3 is 0 Å². The van der Waals surface area contributed by atoms with Crippen molar-refractivity contribution >= 4 is 86.6 Å². The van der Waals surface area contributed by atoms with Gasteiger partial charge in [-0.2, -0.15) is 0 Å². The fourth-order valence-electron chi connectivity index (χ4n) is 3.45. The minimum Gasteiger partial charge on any atom is -0.497 e. The summed E-state index contributed by atoms with van der Waals surface area (Å²) in [7, 11) is -2.56. The third kappa shape index (κ3) is 7.16. The van der Waals surface area contributed by atoms with Crippen molar-refractivity contribution < 1.29 is 26.3 Å². The lowest BCUT2D eigenvalue weighted by Gasteiger charge is -2.23. The van der Waals surface area contributed by atoms with Crippen molar-refractivity contribution in [2.45, 2.75) is 9.79 Å². The first-order chi connectivity index (χ1) is 19.0. The van der Waals surface area contributed by atoms with Gasteiger partial charge < -0.3 is 9.47 Å². The van der Waals surface area contributed by atoms with Crippen LogP contribution in [0, 0.1) is 0 Å². The molecule has 0 saturated carbocycles. The van der Waals surface area contributed by atoms with Crippen LogP contribution < -0.4 is 18.9 Å². The quantitative estimate of drug-likeness (QED) is 0.347. The molecule has 2 aromatic rings. The number of sulfonamides is 2. The lowest BCUT2D eigenvalue weighted by atomic mass is 10.3. The van der Waals surface area contributed by atoms with Crippen LogP contribution in [0.1, 0.15) is 0 Å². The number of nitrogens with one attached hydrogen (secondary N) is 2. The van der Waals surface area contributed by atoms with Crippen molar-refractivity contribution in [2.24, 2.45) is 9.98 Å². The molecule has 2 aliphatic heterocycles. The minimum absolute atomic E-state index is 0.0508. The monoisotopic (exact) mass is 660 g/mol. The third-order valence-electron chi connectivity index (χ3n) is 5.50. The van der Waals surface area contributed by atoms with Crippen LogP contribution in [0.4, 0.5) is 0 Å². The molecule has 214 valence electrons. The number of rotatable bonds is 6. The normalized spacial score (nSPS) is 15.3. The fourth-order valence-corrected chi connectivity index (χ4v) is 8.12. The van der Waals surface area contributed by atoms with Gasteiger partial charge in [0.1, 0.15) is 11.5 Å². The molecule has 0 amide bonds. The van der Waals surface area contributed by atoms with E-state index < -0.39 is 20.0 Å². The highest BCUT2D eigenvalue weighted by Crippen LogP contribution is 2.30. The molecule has 0 aromatic heterocycles. The number of methoxy groups -OCH3 is 2. The fraction of sp³-hybridized carbons (Fsp3) is 0.273. The zero-order chi connectivity index (χ0) is 28.9. The molecular formula is C22H24N6O6S6. The summed E-state index contributed by atoms with van der Waals surface area (Å²) in [5.74, 6) is 1.28. The molecule has 0 aliphatic carbocycles. The molecule has 0 radical (unpaired) electrons. The van der Waals surface area contributed by atoms with Crippen LogP contribution in [0.15, 0.2) is 68.3 Å². The van der Waals surface area contributed by atoms with Crippen molar-refractivity contribution in [1.29, 1.82) is 0 Å². The topological polar surface area (TPSA) is 142 Å². The maximum absolute atomic E-state index is 12.9. The lowest BCUT2D eigenvalue weighted by molar-refractivity contribution is 0.414. The molecule has 0 bridgehead atoms. The highest BCUT2D eigenvalue weighted by molar-refractivity contribution is 8.89. The molecule has 0 spiro atoms. The molecule has 4 rings (SSSR count). The number of aliphatic imine (C=N–C) groups is 2. The first-order valence-electron chi connectivity index (χ1n) is 11.4. The predicted octanol–water partition coefficient (Wildman–Crippen LogP) is 2.25. The molecule has 18 heteroatoms. The van der Waals surface area contributed by atoms with E-state index in [1.165, 1.54) is 38.5 Å². The zero-order valence-corrected chi connectivity index (χ0v) is 26.0. The number of thiocarbonyl (C=S) groups is 2. The van der Waals surface area contributed by atoms with Gasteiger partial charge in [0.2, 0.25) is 11.9 Å². The summed E-state index contributed by atoms with van der Waals surface area (Å²) in [6.45, 7) is 1.48. The lowest BCUT2D eigenvalue weighted by Crippen LogP contribution is -2.44. The van der Waals surface area contributed by atoms with Gasteiger partial charge in [-0.05, 0) is 70.1 Å². The summed E-state index contributed by atoms with van der Waals surface area (Å²) in [4.78, 5) is 11.7. The van der Waals surface area contributed by atoms with Crippen molar-refractivity contribution in [1.82, 2.24) is 19.2 Å². The molecular weight excluding hydrogens is 637 g/mol. The molecule has 2 N–H and O–H groups in total. The standard InChI is InChI=1S/C22H24N6O6S6/c1-33-15-3-7-17(8-4-15)39(29,30)25-19-23-11-13-27(19)21(35)37-38-22(36)28-14-12-24-20(28)26-40(31,32)18-9-5-16(34-2)6-10-18/h3-10H,11-14H2,1-2H3,(H,23,25)(H,24,26). The molecule has 0 unspecified atom stereocenters. The third-order valence-corrected chi connectivity index (χ3v) is 11.8. The summed E-state index contributed by atoms with van der Waals surface area (Å²) in [5, 5.41) is 0. The summed E-state index contributed by atoms with van der Waals surface area (Å²) >= 11 is 11.1.